The molecule has 0 bridgehead atoms. The molecule has 0 aromatic rings. The van der Waals surface area contributed by atoms with Gasteiger partial charge in [0.2, 0.25) is 0 Å². The zero-order chi connectivity index (χ0) is 39.4. The SMILES string of the molecule is CCCCCCCCOC(=O)C=CC(=O)[O][Sn]([CH2]CCC)([O]C(=O)/C=C\C(=O)OCCCCCCCC)[O]C(=O)/C=C\C(=O)OCCCCCCCC. The van der Waals surface area contributed by atoms with Gasteiger partial charge in [0.1, 0.15) is 0 Å². The van der Waals surface area contributed by atoms with Crippen molar-refractivity contribution in [2.75, 3.05) is 19.8 Å². The molecule has 0 spiro atoms. The predicted molar refractivity (Wildman–Crippen MR) is 204 cm³/mol. The van der Waals surface area contributed by atoms with E-state index in [4.69, 9.17) is 23.4 Å². The van der Waals surface area contributed by atoms with E-state index >= 15 is 0 Å². The predicted octanol–water partition coefficient (Wildman–Crippen LogP) is 8.73. The second-order valence-electron chi connectivity index (χ2n) is 12.9. The summed E-state index contributed by atoms with van der Waals surface area (Å²) in [5.41, 5.74) is 0. The Morgan fingerprint density at radius 2 is 0.585 bits per heavy atom. The Bertz CT molecular complexity index is 1000. The quantitative estimate of drug-likeness (QED) is 0.0204. The Labute approximate surface area is 323 Å². The first-order chi connectivity index (χ1) is 25.6. The maximum atomic E-state index is 12.9. The zero-order valence-corrected chi connectivity index (χ0v) is 35.7. The van der Waals surface area contributed by atoms with Gasteiger partial charge in [-0.25, -0.2) is 0 Å². The molecule has 0 aliphatic rings. The van der Waals surface area contributed by atoms with Gasteiger partial charge in [0.15, 0.2) is 0 Å². The smallest absolute Gasteiger partial charge is 0.0654 e. The Hall–Kier alpha value is -3.16. The first-order valence-corrected chi connectivity index (χ1v) is 25.4. The molecule has 0 amide bonds. The second kappa shape index (κ2) is 34.6. The summed E-state index contributed by atoms with van der Waals surface area (Å²) >= 11 is -5.50. The monoisotopic (exact) mass is 858 g/mol. The standard InChI is InChI=1S/3C12H20O4.C4H9.Sn/c3*1-2-3-4-5-6-7-10-16-12(15)9-8-11(13)14;1-3-4-2;/h3*8-9H,2-7,10H2,1H3,(H,13,14);1,3-4H2,2H3;/q;;;;+3/p-3/b2*9-8-;;;. The third-order valence-corrected chi connectivity index (χ3v) is 15.0. The van der Waals surface area contributed by atoms with Crippen molar-refractivity contribution in [3.63, 3.8) is 0 Å². The van der Waals surface area contributed by atoms with E-state index in [1.807, 2.05) is 6.92 Å². The van der Waals surface area contributed by atoms with Gasteiger partial charge in [-0.15, -0.1) is 0 Å². The molecule has 0 atom stereocenters. The third-order valence-electron chi connectivity index (χ3n) is 7.90. The van der Waals surface area contributed by atoms with Gasteiger partial charge in [0.25, 0.3) is 0 Å². The van der Waals surface area contributed by atoms with Gasteiger partial charge in [0, 0.05) is 0 Å². The van der Waals surface area contributed by atoms with Crippen molar-refractivity contribution in [2.45, 2.75) is 161 Å². The summed E-state index contributed by atoms with van der Waals surface area (Å²) in [7, 11) is 0. The summed E-state index contributed by atoms with van der Waals surface area (Å²) in [4.78, 5) is 75.4. The third kappa shape index (κ3) is 30.9. The molecule has 0 radical (unpaired) electrons. The van der Waals surface area contributed by atoms with Gasteiger partial charge in [-0.05, 0) is 0 Å². The number of esters is 3. The van der Waals surface area contributed by atoms with Crippen LogP contribution in [0.4, 0.5) is 0 Å². The minimum atomic E-state index is -5.50. The van der Waals surface area contributed by atoms with E-state index in [0.29, 0.717) is 32.1 Å². The van der Waals surface area contributed by atoms with E-state index in [0.717, 1.165) is 133 Å². The Morgan fingerprint density at radius 1 is 0.340 bits per heavy atom. The second-order valence-corrected chi connectivity index (χ2v) is 19.9. The van der Waals surface area contributed by atoms with Gasteiger partial charge < -0.3 is 0 Å². The normalized spacial score (nSPS) is 11.5. The van der Waals surface area contributed by atoms with Gasteiger partial charge in [-0.3, -0.25) is 0 Å². The van der Waals surface area contributed by atoms with Crippen LogP contribution < -0.4 is 0 Å². The number of hydrogen-bond donors (Lipinski definition) is 0. The van der Waals surface area contributed by atoms with E-state index in [1.54, 1.807) is 0 Å². The van der Waals surface area contributed by atoms with Crippen molar-refractivity contribution in [3.8, 4) is 0 Å². The van der Waals surface area contributed by atoms with Crippen LogP contribution in [0.2, 0.25) is 4.44 Å². The van der Waals surface area contributed by atoms with Gasteiger partial charge in [-0.1, -0.05) is 40.0 Å². The molecule has 0 heterocycles. The summed E-state index contributed by atoms with van der Waals surface area (Å²) in [6, 6.07) is 0. The molecule has 302 valence electrons. The maximum absolute atomic E-state index is 12.9. The van der Waals surface area contributed by atoms with Crippen LogP contribution in [0.1, 0.15) is 156 Å². The molecule has 0 aliphatic heterocycles. The molecule has 0 N–H and O–H groups in total. The average molecular weight is 858 g/mol. The molecule has 0 saturated heterocycles. The van der Waals surface area contributed by atoms with E-state index in [-0.39, 0.29) is 24.3 Å². The van der Waals surface area contributed by atoms with Crippen molar-refractivity contribution in [1.82, 2.24) is 0 Å². The summed E-state index contributed by atoms with van der Waals surface area (Å²) in [5.74, 6) is -5.54. The average Bonchev–Trinajstić information content (AvgIpc) is 3.13. The first-order valence-electron chi connectivity index (χ1n) is 19.8. The molecular formula is C40H66O12Sn. The number of rotatable bonds is 33. The minimum absolute atomic E-state index is 0.0860. The fourth-order valence-electron chi connectivity index (χ4n) is 4.89. The summed E-state index contributed by atoms with van der Waals surface area (Å²) in [5, 5.41) is 0. The number of hydrogen-bond acceptors (Lipinski definition) is 12. The number of unbranched alkanes of at least 4 members (excludes halogenated alkanes) is 16. The van der Waals surface area contributed by atoms with Crippen LogP contribution in [-0.4, -0.2) is 75.3 Å². The van der Waals surface area contributed by atoms with Crippen molar-refractivity contribution >= 4 is 55.4 Å². The fraction of sp³-hybridized carbons (Fsp3) is 0.700. The van der Waals surface area contributed by atoms with Crippen LogP contribution in [0.15, 0.2) is 36.5 Å². The number of ether oxygens (including phenoxy) is 3. The number of carbonyl (C=O) groups is 6. The van der Waals surface area contributed by atoms with Crippen LogP contribution in [0.25, 0.3) is 0 Å². The first kappa shape index (κ1) is 49.8. The minimum Gasteiger partial charge on any atom is -0.0654 e. The molecule has 12 nitrogen and oxygen atoms in total. The Balaban J connectivity index is 5.58. The molecule has 0 aromatic heterocycles. The van der Waals surface area contributed by atoms with Gasteiger partial charge >= 0.3 is 284 Å². The van der Waals surface area contributed by atoms with E-state index in [9.17, 15) is 28.8 Å². The van der Waals surface area contributed by atoms with Crippen molar-refractivity contribution in [1.29, 1.82) is 0 Å². The van der Waals surface area contributed by atoms with Crippen LogP contribution >= 0.6 is 0 Å². The molecule has 0 saturated carbocycles. The van der Waals surface area contributed by atoms with E-state index < -0.39 is 55.4 Å². The molecule has 53 heavy (non-hydrogen) atoms. The molecule has 13 heteroatoms. The summed E-state index contributed by atoms with van der Waals surface area (Å²) in [6.07, 6.45) is 24.2. The molecule has 0 aromatic carbocycles. The van der Waals surface area contributed by atoms with E-state index in [1.165, 1.54) is 0 Å². The fourth-order valence-corrected chi connectivity index (χ4v) is 11.6. The van der Waals surface area contributed by atoms with Crippen LogP contribution in [0, 0.1) is 0 Å². The molecule has 0 rings (SSSR count). The van der Waals surface area contributed by atoms with Crippen LogP contribution in [0.5, 0.6) is 0 Å². The number of carbonyl (C=O) groups excluding carboxylic acids is 6. The van der Waals surface area contributed by atoms with Crippen LogP contribution in [0.3, 0.4) is 0 Å². The van der Waals surface area contributed by atoms with Crippen molar-refractivity contribution < 1.29 is 52.2 Å². The topological polar surface area (TPSA) is 158 Å². The molecule has 0 unspecified atom stereocenters. The van der Waals surface area contributed by atoms with Crippen molar-refractivity contribution in [2.24, 2.45) is 0 Å². The van der Waals surface area contributed by atoms with Crippen LogP contribution in [-0.2, 0) is 52.2 Å². The zero-order valence-electron chi connectivity index (χ0n) is 32.8. The Morgan fingerprint density at radius 3 is 0.868 bits per heavy atom. The van der Waals surface area contributed by atoms with Gasteiger partial charge in [0.05, 0.1) is 0 Å². The summed E-state index contributed by atoms with van der Waals surface area (Å²) < 4.78 is 32.0. The summed E-state index contributed by atoms with van der Waals surface area (Å²) in [6.45, 7) is 8.81. The molecule has 0 fully saturated rings. The molecule has 0 aliphatic carbocycles. The van der Waals surface area contributed by atoms with Crippen molar-refractivity contribution in [3.05, 3.63) is 36.5 Å². The van der Waals surface area contributed by atoms with E-state index in [2.05, 4.69) is 20.8 Å². The molecular weight excluding hydrogens is 791 g/mol. The Kier molecular flexibility index (Phi) is 32.5. The van der Waals surface area contributed by atoms with Gasteiger partial charge in [-0.2, -0.15) is 0 Å².